The predicted octanol–water partition coefficient (Wildman–Crippen LogP) is 2.31. The molecule has 5 heteroatoms. The van der Waals surface area contributed by atoms with Gasteiger partial charge in [-0.2, -0.15) is 0 Å². The van der Waals surface area contributed by atoms with Gasteiger partial charge in [0.2, 0.25) is 0 Å². The van der Waals surface area contributed by atoms with E-state index in [1.54, 1.807) is 0 Å². The lowest BCUT2D eigenvalue weighted by Crippen LogP contribution is -2.35. The Morgan fingerprint density at radius 2 is 2.06 bits per heavy atom. The lowest BCUT2D eigenvalue weighted by atomic mass is 9.97. The van der Waals surface area contributed by atoms with Crippen LogP contribution in [0.4, 0.5) is 5.69 Å². The molecule has 1 atom stereocenters. The molecule has 0 amide bonds. The van der Waals surface area contributed by atoms with Crippen molar-refractivity contribution < 1.29 is 9.72 Å². The summed E-state index contributed by atoms with van der Waals surface area (Å²) in [6.45, 7) is 0.970. The highest BCUT2D eigenvalue weighted by Gasteiger charge is 2.17. The van der Waals surface area contributed by atoms with Gasteiger partial charge in [0.05, 0.1) is 4.92 Å². The van der Waals surface area contributed by atoms with Crippen molar-refractivity contribution in [1.29, 1.82) is 0 Å². The third kappa shape index (κ3) is 3.13. The van der Waals surface area contributed by atoms with Gasteiger partial charge < -0.3 is 5.32 Å². The number of hydrogen-bond acceptors (Lipinski definition) is 4. The minimum Gasteiger partial charge on any atom is -0.314 e. The highest BCUT2D eigenvalue weighted by Crippen LogP contribution is 2.16. The molecule has 0 aromatic heterocycles. The van der Waals surface area contributed by atoms with Crippen molar-refractivity contribution in [2.75, 3.05) is 6.54 Å². The number of nitro groups is 1. The quantitative estimate of drug-likeness (QED) is 0.504. The zero-order chi connectivity index (χ0) is 13.0. The van der Waals surface area contributed by atoms with Gasteiger partial charge in [-0.05, 0) is 31.5 Å². The Balaban J connectivity index is 1.97. The predicted molar refractivity (Wildman–Crippen MR) is 67.7 cm³/mol. The summed E-state index contributed by atoms with van der Waals surface area (Å²) in [5.74, 6) is 0.0456. The second-order valence-corrected chi connectivity index (χ2v) is 4.58. The Morgan fingerprint density at radius 3 is 2.61 bits per heavy atom. The van der Waals surface area contributed by atoms with E-state index in [0.717, 1.165) is 19.4 Å². The maximum absolute atomic E-state index is 12.0. The highest BCUT2D eigenvalue weighted by molar-refractivity contribution is 5.96. The fourth-order valence-corrected chi connectivity index (χ4v) is 2.21. The molecule has 18 heavy (non-hydrogen) atoms. The Kier molecular flexibility index (Phi) is 4.04. The van der Waals surface area contributed by atoms with Crippen molar-refractivity contribution in [3.05, 3.63) is 39.9 Å². The fourth-order valence-electron chi connectivity index (χ4n) is 2.21. The van der Waals surface area contributed by atoms with Crippen LogP contribution >= 0.6 is 0 Å². The van der Waals surface area contributed by atoms with Crippen LogP contribution in [-0.4, -0.2) is 23.3 Å². The molecule has 1 unspecified atom stereocenters. The molecular formula is C13H16N2O3. The minimum atomic E-state index is -0.461. The van der Waals surface area contributed by atoms with Crippen LogP contribution in [0.15, 0.2) is 24.3 Å². The molecular weight excluding hydrogens is 232 g/mol. The Hall–Kier alpha value is -1.75. The van der Waals surface area contributed by atoms with Crippen molar-refractivity contribution in [2.45, 2.75) is 31.7 Å². The normalized spacial score (nSPS) is 19.4. The molecule has 0 radical (unpaired) electrons. The lowest BCUT2D eigenvalue weighted by molar-refractivity contribution is -0.384. The first-order valence-electron chi connectivity index (χ1n) is 6.18. The first kappa shape index (κ1) is 12.7. The molecule has 1 N–H and O–H groups in total. The van der Waals surface area contributed by atoms with E-state index in [4.69, 9.17) is 0 Å². The number of non-ortho nitro benzene ring substituents is 1. The molecule has 0 spiro atoms. The average molecular weight is 248 g/mol. The van der Waals surface area contributed by atoms with Crippen LogP contribution in [-0.2, 0) is 0 Å². The minimum absolute atomic E-state index is 0.0161. The highest BCUT2D eigenvalue weighted by atomic mass is 16.6. The summed E-state index contributed by atoms with van der Waals surface area (Å²) in [7, 11) is 0. The molecule has 2 rings (SSSR count). The van der Waals surface area contributed by atoms with Gasteiger partial charge in [0.1, 0.15) is 0 Å². The van der Waals surface area contributed by atoms with Gasteiger partial charge >= 0.3 is 0 Å². The smallest absolute Gasteiger partial charge is 0.269 e. The summed E-state index contributed by atoms with van der Waals surface area (Å²) >= 11 is 0. The second-order valence-electron chi connectivity index (χ2n) is 4.58. The van der Waals surface area contributed by atoms with Crippen LogP contribution in [0.5, 0.6) is 0 Å². The first-order valence-corrected chi connectivity index (χ1v) is 6.18. The molecule has 5 nitrogen and oxygen atoms in total. The van der Waals surface area contributed by atoms with Crippen LogP contribution in [0.3, 0.4) is 0 Å². The van der Waals surface area contributed by atoms with Gasteiger partial charge in [0, 0.05) is 30.2 Å². The van der Waals surface area contributed by atoms with Crippen LogP contribution in [0.2, 0.25) is 0 Å². The summed E-state index contributed by atoms with van der Waals surface area (Å²) < 4.78 is 0. The maximum atomic E-state index is 12.0. The van der Waals surface area contributed by atoms with E-state index in [0.29, 0.717) is 12.0 Å². The van der Waals surface area contributed by atoms with Gasteiger partial charge in [-0.1, -0.05) is 6.42 Å². The number of carbonyl (C=O) groups is 1. The monoisotopic (exact) mass is 248 g/mol. The number of piperidine rings is 1. The van der Waals surface area contributed by atoms with E-state index in [9.17, 15) is 14.9 Å². The Labute approximate surface area is 105 Å². The van der Waals surface area contributed by atoms with E-state index < -0.39 is 4.92 Å². The molecule has 1 saturated heterocycles. The molecule has 1 aliphatic heterocycles. The van der Waals surface area contributed by atoms with Gasteiger partial charge in [0.25, 0.3) is 5.69 Å². The summed E-state index contributed by atoms with van der Waals surface area (Å²) in [5.41, 5.74) is 0.565. The summed E-state index contributed by atoms with van der Waals surface area (Å²) in [6, 6.07) is 6.07. The molecule has 96 valence electrons. The van der Waals surface area contributed by atoms with Crippen molar-refractivity contribution in [3.63, 3.8) is 0 Å². The van der Waals surface area contributed by atoms with E-state index in [1.807, 2.05) is 0 Å². The fraction of sp³-hybridized carbons (Fsp3) is 0.462. The summed E-state index contributed by atoms with van der Waals surface area (Å²) in [5, 5.41) is 13.8. The second kappa shape index (κ2) is 5.73. The number of ketones is 1. The Bertz CT molecular complexity index is 436. The molecule has 0 aliphatic carbocycles. The molecule has 1 aromatic rings. The molecule has 1 aromatic carbocycles. The van der Waals surface area contributed by atoms with E-state index in [1.165, 1.54) is 30.7 Å². The average Bonchev–Trinajstić information content (AvgIpc) is 2.40. The van der Waals surface area contributed by atoms with Gasteiger partial charge in [0.15, 0.2) is 5.78 Å². The zero-order valence-electron chi connectivity index (χ0n) is 10.1. The van der Waals surface area contributed by atoms with Gasteiger partial charge in [-0.15, -0.1) is 0 Å². The SMILES string of the molecule is O=C(CC1CCCCN1)c1ccc([N+](=O)[O-])cc1. The van der Waals surface area contributed by atoms with Crippen molar-refractivity contribution in [2.24, 2.45) is 0 Å². The molecule has 1 heterocycles. The summed E-state index contributed by atoms with van der Waals surface area (Å²) in [4.78, 5) is 22.0. The number of carbonyl (C=O) groups excluding carboxylic acids is 1. The van der Waals surface area contributed by atoms with Gasteiger partial charge in [-0.3, -0.25) is 14.9 Å². The number of hydrogen-bond donors (Lipinski definition) is 1. The van der Waals surface area contributed by atoms with Crippen LogP contribution in [0.1, 0.15) is 36.0 Å². The number of nitro benzene ring substituents is 1. The van der Waals surface area contributed by atoms with Crippen molar-refractivity contribution in [1.82, 2.24) is 5.32 Å². The van der Waals surface area contributed by atoms with Crippen LogP contribution in [0, 0.1) is 10.1 Å². The summed E-state index contributed by atoms with van der Waals surface area (Å²) in [6.07, 6.45) is 3.82. The van der Waals surface area contributed by atoms with Crippen LogP contribution < -0.4 is 5.32 Å². The Morgan fingerprint density at radius 1 is 1.33 bits per heavy atom. The number of rotatable bonds is 4. The molecule has 0 saturated carbocycles. The van der Waals surface area contributed by atoms with Crippen molar-refractivity contribution >= 4 is 11.5 Å². The lowest BCUT2D eigenvalue weighted by Gasteiger charge is -2.22. The number of benzene rings is 1. The van der Waals surface area contributed by atoms with Crippen molar-refractivity contribution in [3.8, 4) is 0 Å². The largest absolute Gasteiger partial charge is 0.314 e. The van der Waals surface area contributed by atoms with E-state index >= 15 is 0 Å². The topological polar surface area (TPSA) is 72.2 Å². The standard InChI is InChI=1S/C13H16N2O3/c16-13(9-11-3-1-2-8-14-11)10-4-6-12(7-5-10)15(17)18/h4-7,11,14H,1-3,8-9H2. The van der Waals surface area contributed by atoms with Gasteiger partial charge in [-0.25, -0.2) is 0 Å². The first-order chi connectivity index (χ1) is 8.66. The number of Topliss-reactive ketones (excluding diaryl/α,β-unsaturated/α-hetero) is 1. The maximum Gasteiger partial charge on any atom is 0.269 e. The molecule has 0 bridgehead atoms. The van der Waals surface area contributed by atoms with E-state index in [-0.39, 0.29) is 17.5 Å². The zero-order valence-corrected chi connectivity index (χ0v) is 10.1. The van der Waals surface area contributed by atoms with Crippen LogP contribution in [0.25, 0.3) is 0 Å². The van der Waals surface area contributed by atoms with E-state index in [2.05, 4.69) is 5.32 Å². The third-order valence-corrected chi connectivity index (χ3v) is 3.24. The number of nitrogens with zero attached hydrogens (tertiary/aromatic N) is 1. The molecule has 1 aliphatic rings. The molecule has 1 fully saturated rings. The number of nitrogens with one attached hydrogen (secondary N) is 1. The third-order valence-electron chi connectivity index (χ3n) is 3.24.